The predicted molar refractivity (Wildman–Crippen MR) is 80.4 cm³/mol. The summed E-state index contributed by atoms with van der Waals surface area (Å²) in [5.41, 5.74) is -0.0655. The van der Waals surface area contributed by atoms with Crippen LogP contribution in [0.15, 0.2) is 12.1 Å². The normalized spacial score (nSPS) is 14.7. The van der Waals surface area contributed by atoms with Gasteiger partial charge in [0.1, 0.15) is 11.3 Å². The number of hydrogen-bond acceptors (Lipinski definition) is 6. The Morgan fingerprint density at radius 1 is 1.13 bits per heavy atom. The number of rotatable bonds is 7. The number of carboxylic acids is 2. The number of methoxy groups -OCH3 is 3. The number of hydrogen-bond donors (Lipinski definition) is 2. The Kier molecular flexibility index (Phi) is 5.07. The van der Waals surface area contributed by atoms with Crippen LogP contribution in [0.3, 0.4) is 0 Å². The molecule has 1 saturated heterocycles. The summed E-state index contributed by atoms with van der Waals surface area (Å²) in [6.07, 6.45) is -0.328. The van der Waals surface area contributed by atoms with Crippen molar-refractivity contribution in [1.29, 1.82) is 0 Å². The highest BCUT2D eigenvalue weighted by molar-refractivity contribution is 6.04. The molecule has 8 nitrogen and oxygen atoms in total. The van der Waals surface area contributed by atoms with Crippen LogP contribution in [0.5, 0.6) is 5.75 Å². The lowest BCUT2D eigenvalue weighted by molar-refractivity contribution is -0.142. The van der Waals surface area contributed by atoms with Crippen molar-refractivity contribution in [3.63, 3.8) is 0 Å². The van der Waals surface area contributed by atoms with E-state index in [1.807, 2.05) is 4.90 Å². The molecule has 0 bridgehead atoms. The van der Waals surface area contributed by atoms with E-state index in [0.29, 0.717) is 18.8 Å². The van der Waals surface area contributed by atoms with Gasteiger partial charge >= 0.3 is 11.9 Å². The average Bonchev–Trinajstić information content (AvgIpc) is 2.48. The molecular weight excluding hydrogens is 306 g/mol. The van der Waals surface area contributed by atoms with Gasteiger partial charge in [-0.05, 0) is 6.07 Å². The second kappa shape index (κ2) is 6.84. The van der Waals surface area contributed by atoms with Gasteiger partial charge in [0.15, 0.2) is 6.29 Å². The van der Waals surface area contributed by atoms with Crippen LogP contribution in [-0.2, 0) is 9.47 Å². The Morgan fingerprint density at radius 2 is 1.74 bits per heavy atom. The van der Waals surface area contributed by atoms with Crippen molar-refractivity contribution in [2.45, 2.75) is 6.29 Å². The summed E-state index contributed by atoms with van der Waals surface area (Å²) < 4.78 is 15.5. The van der Waals surface area contributed by atoms with Gasteiger partial charge < -0.3 is 29.3 Å². The summed E-state index contributed by atoms with van der Waals surface area (Å²) in [5, 5.41) is 18.5. The zero-order valence-corrected chi connectivity index (χ0v) is 13.1. The molecule has 2 N–H and O–H groups in total. The first kappa shape index (κ1) is 17.0. The molecule has 0 amide bonds. The predicted octanol–water partition coefficient (Wildman–Crippen LogP) is 1.15. The Hall–Kier alpha value is -2.32. The number of benzene rings is 1. The molecule has 0 radical (unpaired) electrons. The second-order valence-corrected chi connectivity index (χ2v) is 5.19. The number of ether oxygens (including phenoxy) is 3. The number of nitrogens with zero attached hydrogens (tertiary/aromatic N) is 1. The van der Waals surface area contributed by atoms with Gasteiger partial charge in [-0.1, -0.05) is 0 Å². The van der Waals surface area contributed by atoms with Gasteiger partial charge in [-0.15, -0.1) is 0 Å². The van der Waals surface area contributed by atoms with E-state index in [1.165, 1.54) is 19.2 Å². The van der Waals surface area contributed by atoms with Crippen molar-refractivity contribution in [3.05, 3.63) is 23.3 Å². The molecule has 0 aliphatic carbocycles. The molecule has 2 rings (SSSR count). The fourth-order valence-electron chi connectivity index (χ4n) is 2.71. The fourth-order valence-corrected chi connectivity index (χ4v) is 2.71. The molecule has 1 aromatic carbocycles. The highest BCUT2D eigenvalue weighted by Gasteiger charge is 2.35. The van der Waals surface area contributed by atoms with Crippen LogP contribution >= 0.6 is 0 Å². The lowest BCUT2D eigenvalue weighted by atomic mass is 9.96. The molecule has 1 aliphatic heterocycles. The maximum Gasteiger partial charge on any atom is 0.340 e. The minimum atomic E-state index is -1.34. The van der Waals surface area contributed by atoms with Gasteiger partial charge in [-0.2, -0.15) is 0 Å². The minimum Gasteiger partial charge on any atom is -0.496 e. The number of aromatic carboxylic acids is 2. The van der Waals surface area contributed by atoms with E-state index in [2.05, 4.69) is 0 Å². The highest BCUT2D eigenvalue weighted by atomic mass is 16.7. The monoisotopic (exact) mass is 325 g/mol. The zero-order chi connectivity index (χ0) is 17.1. The SMILES string of the molecule is COc1cc(N2CC(C(OC)OC)C2)cc(C(=O)O)c1C(=O)O. The summed E-state index contributed by atoms with van der Waals surface area (Å²) in [4.78, 5) is 24.6. The molecular formula is C15H19NO7. The highest BCUT2D eigenvalue weighted by Crippen LogP contribution is 2.34. The van der Waals surface area contributed by atoms with Gasteiger partial charge in [-0.3, -0.25) is 0 Å². The lowest BCUT2D eigenvalue weighted by Gasteiger charge is -2.43. The number of anilines is 1. The zero-order valence-electron chi connectivity index (χ0n) is 13.1. The number of carbonyl (C=O) groups is 2. The van der Waals surface area contributed by atoms with E-state index in [9.17, 15) is 19.8 Å². The molecule has 1 fully saturated rings. The van der Waals surface area contributed by atoms with Crippen LogP contribution in [0.4, 0.5) is 5.69 Å². The van der Waals surface area contributed by atoms with Gasteiger partial charge in [0.2, 0.25) is 0 Å². The van der Waals surface area contributed by atoms with Crippen LogP contribution in [0.2, 0.25) is 0 Å². The fraction of sp³-hybridized carbons (Fsp3) is 0.467. The third kappa shape index (κ3) is 3.22. The number of carboxylic acid groups (broad SMARTS) is 2. The van der Waals surface area contributed by atoms with E-state index in [1.54, 1.807) is 14.2 Å². The van der Waals surface area contributed by atoms with Crippen LogP contribution in [-0.4, -0.2) is 62.9 Å². The molecule has 0 aromatic heterocycles. The third-order valence-corrected chi connectivity index (χ3v) is 3.88. The minimum absolute atomic E-state index is 0.0193. The third-order valence-electron chi connectivity index (χ3n) is 3.88. The largest absolute Gasteiger partial charge is 0.496 e. The van der Waals surface area contributed by atoms with Gasteiger partial charge in [-0.25, -0.2) is 9.59 Å². The molecule has 0 saturated carbocycles. The van der Waals surface area contributed by atoms with Gasteiger partial charge in [0.25, 0.3) is 0 Å². The molecule has 23 heavy (non-hydrogen) atoms. The van der Waals surface area contributed by atoms with Crippen molar-refractivity contribution in [1.82, 2.24) is 0 Å². The first-order valence-electron chi connectivity index (χ1n) is 6.92. The summed E-state index contributed by atoms with van der Waals surface area (Å²) >= 11 is 0. The summed E-state index contributed by atoms with van der Waals surface area (Å²) in [7, 11) is 4.43. The van der Waals surface area contributed by atoms with Crippen molar-refractivity contribution in [2.24, 2.45) is 5.92 Å². The molecule has 1 aromatic rings. The smallest absolute Gasteiger partial charge is 0.340 e. The first-order chi connectivity index (χ1) is 10.9. The van der Waals surface area contributed by atoms with Crippen LogP contribution in [0.25, 0.3) is 0 Å². The van der Waals surface area contributed by atoms with Gasteiger partial charge in [0, 0.05) is 45.0 Å². The summed E-state index contributed by atoms with van der Waals surface area (Å²) in [6.45, 7) is 1.22. The second-order valence-electron chi connectivity index (χ2n) is 5.19. The Bertz CT molecular complexity index is 606. The van der Waals surface area contributed by atoms with E-state index < -0.39 is 11.9 Å². The van der Waals surface area contributed by atoms with E-state index in [-0.39, 0.29) is 29.1 Å². The van der Waals surface area contributed by atoms with Crippen molar-refractivity contribution >= 4 is 17.6 Å². The van der Waals surface area contributed by atoms with E-state index in [0.717, 1.165) is 0 Å². The van der Waals surface area contributed by atoms with Crippen LogP contribution < -0.4 is 9.64 Å². The van der Waals surface area contributed by atoms with E-state index in [4.69, 9.17) is 14.2 Å². The molecule has 126 valence electrons. The average molecular weight is 325 g/mol. The Labute approximate surface area is 133 Å². The van der Waals surface area contributed by atoms with Crippen molar-refractivity contribution in [3.8, 4) is 5.75 Å². The molecule has 0 spiro atoms. The molecule has 8 heteroatoms. The maximum absolute atomic E-state index is 11.4. The van der Waals surface area contributed by atoms with Crippen LogP contribution in [0.1, 0.15) is 20.7 Å². The van der Waals surface area contributed by atoms with Crippen LogP contribution in [0, 0.1) is 5.92 Å². The van der Waals surface area contributed by atoms with Crippen molar-refractivity contribution in [2.75, 3.05) is 39.3 Å². The summed E-state index contributed by atoms with van der Waals surface area (Å²) in [6, 6.07) is 2.87. The molecule has 0 atom stereocenters. The molecule has 0 unspecified atom stereocenters. The molecule has 1 heterocycles. The standard InChI is InChI=1S/C15H19NO7/c1-21-11-5-9(4-10(13(17)18)12(11)14(19)20)16-6-8(7-16)15(22-2)23-3/h4-5,8,15H,6-7H2,1-3H3,(H,17,18)(H,19,20). The van der Waals surface area contributed by atoms with Crippen molar-refractivity contribution < 1.29 is 34.0 Å². The van der Waals surface area contributed by atoms with E-state index >= 15 is 0 Å². The topological polar surface area (TPSA) is 106 Å². The first-order valence-corrected chi connectivity index (χ1v) is 6.92. The Balaban J connectivity index is 2.30. The molecule has 1 aliphatic rings. The van der Waals surface area contributed by atoms with Gasteiger partial charge in [0.05, 0.1) is 12.7 Å². The lowest BCUT2D eigenvalue weighted by Crippen LogP contribution is -2.53. The summed E-state index contributed by atoms with van der Waals surface area (Å²) in [5.74, 6) is -2.48. The quantitative estimate of drug-likeness (QED) is 0.719. The maximum atomic E-state index is 11.4. The Morgan fingerprint density at radius 3 is 2.17 bits per heavy atom.